The van der Waals surface area contributed by atoms with Gasteiger partial charge in [-0.15, -0.1) is 11.8 Å². The maximum atomic E-state index is 9.11. The summed E-state index contributed by atoms with van der Waals surface area (Å²) < 4.78 is 0. The highest BCUT2D eigenvalue weighted by Gasteiger charge is 2.21. The molecule has 4 heteroatoms. The Hall–Kier alpha value is 0.230. The van der Waals surface area contributed by atoms with Crippen molar-refractivity contribution in [1.82, 2.24) is 9.80 Å². The molecule has 0 aliphatic carbocycles. The van der Waals surface area contributed by atoms with E-state index in [1.54, 1.807) is 0 Å². The van der Waals surface area contributed by atoms with Crippen LogP contribution in [0.3, 0.4) is 0 Å². The average Bonchev–Trinajstić information content (AvgIpc) is 3.03. The summed E-state index contributed by atoms with van der Waals surface area (Å²) in [6.45, 7) is 15.0. The molecule has 2 saturated heterocycles. The lowest BCUT2D eigenvalue weighted by Crippen LogP contribution is -2.28. The summed E-state index contributed by atoms with van der Waals surface area (Å²) in [5.41, 5.74) is 0. The molecule has 1 unspecified atom stereocenters. The monoisotopic (exact) mass is 276 g/mol. The van der Waals surface area contributed by atoms with Gasteiger partial charge in [-0.1, -0.05) is 20.8 Å². The second kappa shape index (κ2) is 11.1. The van der Waals surface area contributed by atoms with Crippen LogP contribution in [0.5, 0.6) is 0 Å². The molecule has 2 aliphatic heterocycles. The molecule has 2 aliphatic rings. The van der Waals surface area contributed by atoms with Crippen molar-refractivity contribution in [2.45, 2.75) is 53.2 Å². The number of hydrogen-bond donors (Lipinski definition) is 1. The average molecular weight is 276 g/mol. The normalized spacial score (nSPS) is 24.5. The molecule has 0 aromatic carbocycles. The molecule has 2 rings (SSSR count). The standard InChI is InChI=1S/C7H15NO.C5H11NS.C2H6/c1-6(2)8-4-3-7(9)5-8;1-2-6-3-4-7-5-6;1-2/h6-7,9H,3-5H2,1-2H3;2-5H2,1H3;1-2H3. The second-order valence-corrected chi connectivity index (χ2v) is 5.85. The predicted molar refractivity (Wildman–Crippen MR) is 83.3 cm³/mol. The van der Waals surface area contributed by atoms with Crippen LogP contribution in [0.4, 0.5) is 0 Å². The molecule has 110 valence electrons. The summed E-state index contributed by atoms with van der Waals surface area (Å²) in [7, 11) is 0. The van der Waals surface area contributed by atoms with E-state index in [4.69, 9.17) is 5.11 Å². The molecule has 0 amide bonds. The van der Waals surface area contributed by atoms with Gasteiger partial charge in [-0.3, -0.25) is 9.80 Å². The molecule has 0 radical (unpaired) electrons. The Morgan fingerprint density at radius 2 is 1.94 bits per heavy atom. The summed E-state index contributed by atoms with van der Waals surface area (Å²) in [6.07, 6.45) is 0.894. The minimum Gasteiger partial charge on any atom is -0.392 e. The third-order valence-corrected chi connectivity index (χ3v) is 4.22. The molecular formula is C14H32N2OS. The van der Waals surface area contributed by atoms with Crippen molar-refractivity contribution >= 4 is 11.8 Å². The van der Waals surface area contributed by atoms with Crippen LogP contribution in [-0.2, 0) is 0 Å². The van der Waals surface area contributed by atoms with E-state index in [1.807, 2.05) is 25.6 Å². The van der Waals surface area contributed by atoms with Crippen LogP contribution in [-0.4, -0.2) is 64.9 Å². The second-order valence-electron chi connectivity index (χ2n) is 4.78. The van der Waals surface area contributed by atoms with E-state index in [0.29, 0.717) is 6.04 Å². The zero-order valence-electron chi connectivity index (χ0n) is 12.9. The largest absolute Gasteiger partial charge is 0.392 e. The Labute approximate surface area is 118 Å². The smallest absolute Gasteiger partial charge is 0.0679 e. The van der Waals surface area contributed by atoms with Crippen molar-refractivity contribution in [3.8, 4) is 0 Å². The van der Waals surface area contributed by atoms with Crippen molar-refractivity contribution in [2.75, 3.05) is 37.8 Å². The quantitative estimate of drug-likeness (QED) is 0.838. The van der Waals surface area contributed by atoms with Crippen molar-refractivity contribution in [2.24, 2.45) is 0 Å². The van der Waals surface area contributed by atoms with E-state index < -0.39 is 0 Å². The van der Waals surface area contributed by atoms with Gasteiger partial charge in [-0.05, 0) is 26.8 Å². The Morgan fingerprint density at radius 1 is 1.28 bits per heavy atom. The summed E-state index contributed by atoms with van der Waals surface area (Å²) in [4.78, 5) is 4.75. The summed E-state index contributed by atoms with van der Waals surface area (Å²) in [5.74, 6) is 2.60. The molecule has 2 fully saturated rings. The third-order valence-electron chi connectivity index (χ3n) is 3.20. The Bertz CT molecular complexity index is 185. The zero-order chi connectivity index (χ0) is 14.0. The molecule has 3 nitrogen and oxygen atoms in total. The van der Waals surface area contributed by atoms with Gasteiger partial charge in [0.1, 0.15) is 0 Å². The molecule has 0 spiro atoms. The summed E-state index contributed by atoms with van der Waals surface area (Å²) in [6, 6.07) is 0.599. The van der Waals surface area contributed by atoms with Crippen LogP contribution in [0, 0.1) is 0 Å². The predicted octanol–water partition coefficient (Wildman–Crippen LogP) is 2.50. The minimum atomic E-state index is -0.0626. The van der Waals surface area contributed by atoms with Crippen LogP contribution >= 0.6 is 11.8 Å². The minimum absolute atomic E-state index is 0.0626. The van der Waals surface area contributed by atoms with E-state index in [-0.39, 0.29) is 6.10 Å². The summed E-state index contributed by atoms with van der Waals surface area (Å²) in [5, 5.41) is 9.11. The van der Waals surface area contributed by atoms with Crippen molar-refractivity contribution in [3.05, 3.63) is 0 Å². The number of thioether (sulfide) groups is 1. The molecule has 18 heavy (non-hydrogen) atoms. The van der Waals surface area contributed by atoms with Crippen molar-refractivity contribution in [3.63, 3.8) is 0 Å². The van der Waals surface area contributed by atoms with Gasteiger partial charge >= 0.3 is 0 Å². The van der Waals surface area contributed by atoms with E-state index in [2.05, 4.69) is 30.6 Å². The molecule has 0 saturated carbocycles. The van der Waals surface area contributed by atoms with Crippen LogP contribution < -0.4 is 0 Å². The molecular weight excluding hydrogens is 244 g/mol. The van der Waals surface area contributed by atoms with Crippen LogP contribution in [0.2, 0.25) is 0 Å². The molecule has 0 aromatic rings. The first-order valence-electron chi connectivity index (χ1n) is 7.35. The number of aliphatic hydroxyl groups excluding tert-OH is 1. The number of β-amino-alcohol motifs (C(OH)–C–C–N with tert-alkyl or cyclic N) is 1. The number of nitrogens with zero attached hydrogens (tertiary/aromatic N) is 2. The topological polar surface area (TPSA) is 26.7 Å². The number of likely N-dealkylation sites (tertiary alicyclic amines) is 1. The summed E-state index contributed by atoms with van der Waals surface area (Å²) >= 11 is 2.03. The van der Waals surface area contributed by atoms with Gasteiger partial charge in [0.2, 0.25) is 0 Å². The highest BCUT2D eigenvalue weighted by Crippen LogP contribution is 2.11. The first kappa shape index (κ1) is 18.2. The van der Waals surface area contributed by atoms with Gasteiger partial charge in [-0.25, -0.2) is 0 Å². The molecule has 1 N–H and O–H groups in total. The van der Waals surface area contributed by atoms with Crippen molar-refractivity contribution < 1.29 is 5.11 Å². The zero-order valence-corrected chi connectivity index (χ0v) is 13.7. The van der Waals surface area contributed by atoms with Gasteiger partial charge in [0.15, 0.2) is 0 Å². The fourth-order valence-corrected chi connectivity index (χ4v) is 3.02. The Kier molecular flexibility index (Phi) is 11.2. The lowest BCUT2D eigenvalue weighted by atomic mass is 10.3. The lowest BCUT2D eigenvalue weighted by molar-refractivity contribution is 0.166. The van der Waals surface area contributed by atoms with Gasteiger partial charge in [0, 0.05) is 37.3 Å². The van der Waals surface area contributed by atoms with Crippen LogP contribution in [0.25, 0.3) is 0 Å². The highest BCUT2D eigenvalue weighted by molar-refractivity contribution is 7.99. The number of aliphatic hydroxyl groups is 1. The number of rotatable bonds is 2. The Morgan fingerprint density at radius 3 is 2.17 bits per heavy atom. The Balaban J connectivity index is 0.000000289. The molecule has 0 bridgehead atoms. The van der Waals surface area contributed by atoms with E-state index in [0.717, 1.165) is 19.5 Å². The van der Waals surface area contributed by atoms with E-state index in [9.17, 15) is 0 Å². The molecule has 1 atom stereocenters. The van der Waals surface area contributed by atoms with Gasteiger partial charge < -0.3 is 5.11 Å². The van der Waals surface area contributed by atoms with Crippen molar-refractivity contribution in [1.29, 1.82) is 0 Å². The van der Waals surface area contributed by atoms with Gasteiger partial charge in [0.25, 0.3) is 0 Å². The van der Waals surface area contributed by atoms with E-state index >= 15 is 0 Å². The number of hydrogen-bond acceptors (Lipinski definition) is 4. The highest BCUT2D eigenvalue weighted by atomic mass is 32.2. The molecule has 2 heterocycles. The van der Waals surface area contributed by atoms with Crippen LogP contribution in [0.15, 0.2) is 0 Å². The van der Waals surface area contributed by atoms with Gasteiger partial charge in [-0.2, -0.15) is 0 Å². The first-order valence-corrected chi connectivity index (χ1v) is 8.51. The van der Waals surface area contributed by atoms with Gasteiger partial charge in [0.05, 0.1) is 6.10 Å². The fraction of sp³-hybridized carbons (Fsp3) is 1.00. The molecule has 0 aromatic heterocycles. The maximum Gasteiger partial charge on any atom is 0.0679 e. The fourth-order valence-electron chi connectivity index (χ4n) is 1.94. The first-order chi connectivity index (χ1) is 8.63. The SMILES string of the molecule is CC.CC(C)N1CCC(O)C1.CCN1CCSC1. The van der Waals surface area contributed by atoms with E-state index in [1.165, 1.54) is 24.7 Å². The third kappa shape index (κ3) is 7.62. The maximum absolute atomic E-state index is 9.11. The lowest BCUT2D eigenvalue weighted by Gasteiger charge is -2.18. The van der Waals surface area contributed by atoms with Crippen LogP contribution in [0.1, 0.15) is 41.0 Å².